The third-order valence-electron chi connectivity index (χ3n) is 3.16. The van der Waals surface area contributed by atoms with Gasteiger partial charge in [0.1, 0.15) is 6.54 Å². The minimum absolute atomic E-state index is 0.260. The SMILES string of the molecule is CC(C)C1CCN(C(=O)NCC(=O)O)CC1. The van der Waals surface area contributed by atoms with Crippen molar-refractivity contribution in [3.63, 3.8) is 0 Å². The summed E-state index contributed by atoms with van der Waals surface area (Å²) in [5.74, 6) is 0.332. The maximum Gasteiger partial charge on any atom is 0.323 e. The number of amides is 2. The molecule has 0 bridgehead atoms. The van der Waals surface area contributed by atoms with E-state index in [1.807, 2.05) is 0 Å². The van der Waals surface area contributed by atoms with Crippen molar-refractivity contribution in [2.24, 2.45) is 11.8 Å². The molecule has 0 aliphatic carbocycles. The van der Waals surface area contributed by atoms with Crippen LogP contribution >= 0.6 is 0 Å². The molecular weight excluding hydrogens is 208 g/mol. The molecular formula is C11H20N2O3. The Morgan fingerprint density at radius 2 is 1.94 bits per heavy atom. The first kappa shape index (κ1) is 12.8. The Morgan fingerprint density at radius 1 is 1.38 bits per heavy atom. The minimum atomic E-state index is -1.01. The molecule has 1 rings (SSSR count). The van der Waals surface area contributed by atoms with Crippen LogP contribution in [0.4, 0.5) is 4.79 Å². The van der Waals surface area contributed by atoms with Gasteiger partial charge in [0.2, 0.25) is 0 Å². The fourth-order valence-corrected chi connectivity index (χ4v) is 2.03. The summed E-state index contributed by atoms with van der Waals surface area (Å²) in [6, 6.07) is -0.260. The number of hydrogen-bond donors (Lipinski definition) is 2. The van der Waals surface area contributed by atoms with Gasteiger partial charge in [0.15, 0.2) is 0 Å². The molecule has 0 aromatic rings. The minimum Gasteiger partial charge on any atom is -0.480 e. The number of carboxylic acid groups (broad SMARTS) is 1. The van der Waals surface area contributed by atoms with Crippen LogP contribution in [0.1, 0.15) is 26.7 Å². The smallest absolute Gasteiger partial charge is 0.323 e. The molecule has 92 valence electrons. The average Bonchev–Trinajstić information content (AvgIpc) is 2.26. The highest BCUT2D eigenvalue weighted by molar-refractivity contribution is 5.79. The molecule has 0 aromatic heterocycles. The van der Waals surface area contributed by atoms with E-state index in [0.29, 0.717) is 11.8 Å². The highest BCUT2D eigenvalue weighted by atomic mass is 16.4. The van der Waals surface area contributed by atoms with Gasteiger partial charge in [-0.1, -0.05) is 13.8 Å². The van der Waals surface area contributed by atoms with Crippen LogP contribution in [0.2, 0.25) is 0 Å². The molecule has 5 nitrogen and oxygen atoms in total. The zero-order valence-electron chi connectivity index (χ0n) is 9.90. The number of carbonyl (C=O) groups excluding carboxylic acids is 1. The lowest BCUT2D eigenvalue weighted by Gasteiger charge is -2.33. The van der Waals surface area contributed by atoms with Crippen molar-refractivity contribution >= 4 is 12.0 Å². The summed E-state index contributed by atoms with van der Waals surface area (Å²) in [7, 11) is 0. The molecule has 2 N–H and O–H groups in total. The van der Waals surface area contributed by atoms with Crippen molar-refractivity contribution in [1.82, 2.24) is 10.2 Å². The van der Waals surface area contributed by atoms with Crippen LogP contribution in [0, 0.1) is 11.8 Å². The standard InChI is InChI=1S/C11H20N2O3/c1-8(2)9-3-5-13(6-4-9)11(16)12-7-10(14)15/h8-9H,3-7H2,1-2H3,(H,12,16)(H,14,15). The fraction of sp³-hybridized carbons (Fsp3) is 0.818. The van der Waals surface area contributed by atoms with Gasteiger partial charge < -0.3 is 15.3 Å². The van der Waals surface area contributed by atoms with Gasteiger partial charge in [0.05, 0.1) is 0 Å². The molecule has 0 atom stereocenters. The van der Waals surface area contributed by atoms with E-state index in [1.165, 1.54) is 0 Å². The summed E-state index contributed by atoms with van der Waals surface area (Å²) in [6.45, 7) is 5.56. The zero-order chi connectivity index (χ0) is 12.1. The number of piperidine rings is 1. The first-order valence-corrected chi connectivity index (χ1v) is 5.75. The number of likely N-dealkylation sites (tertiary alicyclic amines) is 1. The predicted molar refractivity (Wildman–Crippen MR) is 60.2 cm³/mol. The fourth-order valence-electron chi connectivity index (χ4n) is 2.03. The lowest BCUT2D eigenvalue weighted by atomic mass is 9.87. The second-order valence-electron chi connectivity index (χ2n) is 4.62. The molecule has 1 aliphatic heterocycles. The first-order chi connectivity index (χ1) is 7.50. The number of carbonyl (C=O) groups is 2. The van der Waals surface area contributed by atoms with E-state index in [4.69, 9.17) is 5.11 Å². The molecule has 16 heavy (non-hydrogen) atoms. The summed E-state index contributed by atoms with van der Waals surface area (Å²) in [4.78, 5) is 23.5. The molecule has 1 fully saturated rings. The maximum atomic E-state index is 11.5. The topological polar surface area (TPSA) is 69.6 Å². The average molecular weight is 228 g/mol. The van der Waals surface area contributed by atoms with Crippen molar-refractivity contribution in [1.29, 1.82) is 0 Å². The number of nitrogens with zero attached hydrogens (tertiary/aromatic N) is 1. The van der Waals surface area contributed by atoms with Crippen molar-refractivity contribution in [2.45, 2.75) is 26.7 Å². The zero-order valence-corrected chi connectivity index (χ0v) is 9.90. The lowest BCUT2D eigenvalue weighted by Crippen LogP contribution is -2.46. The molecule has 1 heterocycles. The molecule has 2 amide bonds. The van der Waals surface area contributed by atoms with Gasteiger partial charge in [0, 0.05) is 13.1 Å². The van der Waals surface area contributed by atoms with Crippen molar-refractivity contribution in [2.75, 3.05) is 19.6 Å². The summed E-state index contributed by atoms with van der Waals surface area (Å²) in [6.07, 6.45) is 2.02. The molecule has 0 aromatic carbocycles. The van der Waals surface area contributed by atoms with Crippen LogP contribution in [0.5, 0.6) is 0 Å². The summed E-state index contributed by atoms with van der Waals surface area (Å²) < 4.78 is 0. The van der Waals surface area contributed by atoms with Gasteiger partial charge in [-0.05, 0) is 24.7 Å². The normalized spacial score (nSPS) is 17.6. The molecule has 5 heteroatoms. The summed E-state index contributed by atoms with van der Waals surface area (Å²) >= 11 is 0. The molecule has 0 spiro atoms. The number of aliphatic carboxylic acids is 1. The molecule has 0 radical (unpaired) electrons. The van der Waals surface area contributed by atoms with Gasteiger partial charge in [-0.2, -0.15) is 0 Å². The van der Waals surface area contributed by atoms with E-state index in [-0.39, 0.29) is 12.6 Å². The molecule has 1 saturated heterocycles. The van der Waals surface area contributed by atoms with Crippen molar-refractivity contribution < 1.29 is 14.7 Å². The van der Waals surface area contributed by atoms with Gasteiger partial charge in [-0.25, -0.2) is 4.79 Å². The second-order valence-corrected chi connectivity index (χ2v) is 4.62. The second kappa shape index (κ2) is 5.72. The summed E-state index contributed by atoms with van der Waals surface area (Å²) in [5, 5.41) is 10.8. The Bertz CT molecular complexity index is 258. The van der Waals surface area contributed by atoms with Gasteiger partial charge in [0.25, 0.3) is 0 Å². The maximum absolute atomic E-state index is 11.5. The third kappa shape index (κ3) is 3.72. The highest BCUT2D eigenvalue weighted by Crippen LogP contribution is 2.24. The van der Waals surface area contributed by atoms with Crippen molar-refractivity contribution in [3.8, 4) is 0 Å². The van der Waals surface area contributed by atoms with Crippen molar-refractivity contribution in [3.05, 3.63) is 0 Å². The van der Waals surface area contributed by atoms with Crippen LogP contribution in [-0.2, 0) is 4.79 Å². The number of rotatable bonds is 3. The van der Waals surface area contributed by atoms with Crippen LogP contribution < -0.4 is 5.32 Å². The molecule has 1 aliphatic rings. The lowest BCUT2D eigenvalue weighted by molar-refractivity contribution is -0.135. The van der Waals surface area contributed by atoms with Crippen LogP contribution in [-0.4, -0.2) is 41.6 Å². The van der Waals surface area contributed by atoms with E-state index in [9.17, 15) is 9.59 Å². The van der Waals surface area contributed by atoms with E-state index >= 15 is 0 Å². The number of hydrogen-bond acceptors (Lipinski definition) is 2. The number of urea groups is 1. The van der Waals surface area contributed by atoms with Crippen LogP contribution in [0.25, 0.3) is 0 Å². The Hall–Kier alpha value is -1.26. The number of nitrogens with one attached hydrogen (secondary N) is 1. The third-order valence-corrected chi connectivity index (χ3v) is 3.16. The Morgan fingerprint density at radius 3 is 2.38 bits per heavy atom. The summed E-state index contributed by atoms with van der Waals surface area (Å²) in [5.41, 5.74) is 0. The van der Waals surface area contributed by atoms with E-state index in [2.05, 4.69) is 19.2 Å². The van der Waals surface area contributed by atoms with Gasteiger partial charge >= 0.3 is 12.0 Å². The predicted octanol–water partition coefficient (Wildman–Crippen LogP) is 1.15. The van der Waals surface area contributed by atoms with Gasteiger partial charge in [-0.15, -0.1) is 0 Å². The van der Waals surface area contributed by atoms with Crippen LogP contribution in [0.15, 0.2) is 0 Å². The van der Waals surface area contributed by atoms with Crippen LogP contribution in [0.3, 0.4) is 0 Å². The Labute approximate surface area is 95.8 Å². The monoisotopic (exact) mass is 228 g/mol. The largest absolute Gasteiger partial charge is 0.480 e. The van der Waals surface area contributed by atoms with E-state index in [1.54, 1.807) is 4.90 Å². The van der Waals surface area contributed by atoms with E-state index in [0.717, 1.165) is 25.9 Å². The quantitative estimate of drug-likeness (QED) is 0.761. The highest BCUT2D eigenvalue weighted by Gasteiger charge is 2.24. The Balaban J connectivity index is 2.30. The molecule has 0 saturated carbocycles. The first-order valence-electron chi connectivity index (χ1n) is 5.75. The Kier molecular flexibility index (Phi) is 4.58. The van der Waals surface area contributed by atoms with E-state index < -0.39 is 5.97 Å². The number of carboxylic acids is 1. The molecule has 0 unspecified atom stereocenters. The van der Waals surface area contributed by atoms with Gasteiger partial charge in [-0.3, -0.25) is 4.79 Å².